The van der Waals surface area contributed by atoms with E-state index < -0.39 is 5.97 Å². The topological polar surface area (TPSA) is 55.8 Å². The molecule has 0 aromatic carbocycles. The van der Waals surface area contributed by atoms with Gasteiger partial charge in [-0.2, -0.15) is 0 Å². The molecule has 4 nitrogen and oxygen atoms in total. The van der Waals surface area contributed by atoms with Crippen molar-refractivity contribution >= 4 is 5.97 Å². The van der Waals surface area contributed by atoms with Crippen LogP contribution in [0.2, 0.25) is 0 Å². The van der Waals surface area contributed by atoms with Crippen LogP contribution < -0.4 is 0 Å². The summed E-state index contributed by atoms with van der Waals surface area (Å²) in [7, 11) is 0. The molecule has 0 saturated carbocycles. The van der Waals surface area contributed by atoms with Crippen LogP contribution in [0.1, 0.15) is 6.42 Å². The van der Waals surface area contributed by atoms with Gasteiger partial charge < -0.3 is 14.6 Å². The third-order valence-electron chi connectivity index (χ3n) is 1.09. The van der Waals surface area contributed by atoms with E-state index >= 15 is 0 Å². The minimum Gasteiger partial charge on any atom is -0.460 e. The highest BCUT2D eigenvalue weighted by Gasteiger charge is 1.93. The molecule has 70 valence electrons. The lowest BCUT2D eigenvalue weighted by atomic mass is 10.5. The third kappa shape index (κ3) is 7.24. The van der Waals surface area contributed by atoms with Crippen LogP contribution in [0, 0.1) is 0 Å². The molecule has 0 aliphatic carbocycles. The number of ether oxygens (including phenoxy) is 2. The van der Waals surface area contributed by atoms with Crippen molar-refractivity contribution in [1.82, 2.24) is 0 Å². The normalized spacial score (nSPS) is 9.42. The molecule has 12 heavy (non-hydrogen) atoms. The van der Waals surface area contributed by atoms with Gasteiger partial charge in [-0.15, -0.1) is 0 Å². The average molecular weight is 174 g/mol. The van der Waals surface area contributed by atoms with Gasteiger partial charge in [0.1, 0.15) is 6.61 Å². The molecular weight excluding hydrogens is 160 g/mol. The van der Waals surface area contributed by atoms with Crippen molar-refractivity contribution in [3.63, 3.8) is 0 Å². The SMILES string of the molecule is C=CC(=O)OCCOCCCO. The van der Waals surface area contributed by atoms with Gasteiger partial charge in [0.2, 0.25) is 0 Å². The maximum absolute atomic E-state index is 10.5. The smallest absolute Gasteiger partial charge is 0.330 e. The highest BCUT2D eigenvalue weighted by Crippen LogP contribution is 1.83. The maximum Gasteiger partial charge on any atom is 0.330 e. The summed E-state index contributed by atoms with van der Waals surface area (Å²) in [6, 6.07) is 0. The fourth-order valence-electron chi connectivity index (χ4n) is 0.529. The van der Waals surface area contributed by atoms with E-state index in [9.17, 15) is 4.79 Å². The monoisotopic (exact) mass is 174 g/mol. The Kier molecular flexibility index (Phi) is 7.63. The molecule has 0 radical (unpaired) electrons. The van der Waals surface area contributed by atoms with Gasteiger partial charge in [-0.1, -0.05) is 6.58 Å². The van der Waals surface area contributed by atoms with E-state index in [-0.39, 0.29) is 13.2 Å². The second-order valence-electron chi connectivity index (χ2n) is 2.06. The summed E-state index contributed by atoms with van der Waals surface area (Å²) in [5.74, 6) is -0.444. The molecule has 0 fully saturated rings. The number of rotatable bonds is 7. The van der Waals surface area contributed by atoms with Crippen LogP contribution in [0.5, 0.6) is 0 Å². The number of hydrogen-bond donors (Lipinski definition) is 1. The van der Waals surface area contributed by atoms with E-state index in [1.54, 1.807) is 0 Å². The first-order valence-electron chi connectivity index (χ1n) is 3.79. The number of esters is 1. The number of carbonyl (C=O) groups excluding carboxylic acids is 1. The van der Waals surface area contributed by atoms with Crippen molar-refractivity contribution < 1.29 is 19.4 Å². The predicted molar refractivity (Wildman–Crippen MR) is 43.7 cm³/mol. The first-order valence-corrected chi connectivity index (χ1v) is 3.79. The Morgan fingerprint density at radius 1 is 1.42 bits per heavy atom. The minimum atomic E-state index is -0.444. The van der Waals surface area contributed by atoms with Gasteiger partial charge >= 0.3 is 5.97 Å². The Labute approximate surface area is 71.8 Å². The van der Waals surface area contributed by atoms with Gasteiger partial charge in [-0.25, -0.2) is 4.79 Å². The lowest BCUT2D eigenvalue weighted by Crippen LogP contribution is -2.09. The van der Waals surface area contributed by atoms with E-state index in [2.05, 4.69) is 11.3 Å². The number of carbonyl (C=O) groups is 1. The molecule has 0 unspecified atom stereocenters. The standard InChI is InChI=1S/C8H14O4/c1-2-8(10)12-7-6-11-5-3-4-9/h2,9H,1,3-7H2. The highest BCUT2D eigenvalue weighted by atomic mass is 16.6. The fraction of sp³-hybridized carbons (Fsp3) is 0.625. The zero-order valence-electron chi connectivity index (χ0n) is 6.99. The predicted octanol–water partition coefficient (Wildman–Crippen LogP) is 0.115. The Bertz CT molecular complexity index is 133. The van der Waals surface area contributed by atoms with Crippen LogP contribution in [-0.4, -0.2) is 37.5 Å². The van der Waals surface area contributed by atoms with Crippen molar-refractivity contribution in [3.05, 3.63) is 12.7 Å². The molecule has 0 rings (SSSR count). The summed E-state index contributed by atoms with van der Waals surface area (Å²) < 4.78 is 9.62. The Hall–Kier alpha value is -0.870. The maximum atomic E-state index is 10.5. The fourth-order valence-corrected chi connectivity index (χ4v) is 0.529. The molecule has 0 saturated heterocycles. The number of hydrogen-bond acceptors (Lipinski definition) is 4. The highest BCUT2D eigenvalue weighted by molar-refractivity contribution is 5.81. The van der Waals surface area contributed by atoms with Gasteiger partial charge in [0, 0.05) is 19.3 Å². The van der Waals surface area contributed by atoms with E-state index in [4.69, 9.17) is 9.84 Å². The first-order chi connectivity index (χ1) is 5.81. The van der Waals surface area contributed by atoms with Crippen molar-refractivity contribution in [3.8, 4) is 0 Å². The van der Waals surface area contributed by atoms with Gasteiger partial charge in [-0.05, 0) is 6.42 Å². The van der Waals surface area contributed by atoms with Crippen molar-refractivity contribution in [1.29, 1.82) is 0 Å². The van der Waals surface area contributed by atoms with Crippen molar-refractivity contribution in [2.45, 2.75) is 6.42 Å². The molecule has 1 N–H and O–H groups in total. The number of aliphatic hydroxyl groups is 1. The van der Waals surface area contributed by atoms with E-state index in [1.165, 1.54) is 0 Å². The molecule has 0 bridgehead atoms. The zero-order chi connectivity index (χ0) is 9.23. The van der Waals surface area contributed by atoms with Crippen LogP contribution in [0.4, 0.5) is 0 Å². The van der Waals surface area contributed by atoms with Crippen LogP contribution in [0.15, 0.2) is 12.7 Å². The van der Waals surface area contributed by atoms with E-state index in [0.29, 0.717) is 19.6 Å². The summed E-state index contributed by atoms with van der Waals surface area (Å²) in [6.07, 6.45) is 1.71. The Morgan fingerprint density at radius 3 is 2.75 bits per heavy atom. The third-order valence-corrected chi connectivity index (χ3v) is 1.09. The number of aliphatic hydroxyl groups excluding tert-OH is 1. The molecule has 0 spiro atoms. The van der Waals surface area contributed by atoms with Crippen molar-refractivity contribution in [2.24, 2.45) is 0 Å². The summed E-state index contributed by atoms with van der Waals surface area (Å²) in [5, 5.41) is 8.37. The van der Waals surface area contributed by atoms with Crippen LogP contribution >= 0.6 is 0 Å². The summed E-state index contributed by atoms with van der Waals surface area (Å²) in [4.78, 5) is 10.5. The van der Waals surface area contributed by atoms with Gasteiger partial charge in [0.05, 0.1) is 6.61 Å². The lowest BCUT2D eigenvalue weighted by molar-refractivity contribution is -0.139. The molecule has 0 amide bonds. The second-order valence-corrected chi connectivity index (χ2v) is 2.06. The van der Waals surface area contributed by atoms with Crippen LogP contribution in [0.25, 0.3) is 0 Å². The summed E-state index contributed by atoms with van der Waals surface area (Å²) in [6.45, 7) is 4.44. The van der Waals surface area contributed by atoms with Crippen molar-refractivity contribution in [2.75, 3.05) is 26.4 Å². The molecule has 0 aliphatic heterocycles. The van der Waals surface area contributed by atoms with Crippen LogP contribution in [-0.2, 0) is 14.3 Å². The molecular formula is C8H14O4. The Morgan fingerprint density at radius 2 is 2.17 bits per heavy atom. The minimum absolute atomic E-state index is 0.118. The second kappa shape index (κ2) is 8.23. The molecule has 4 heteroatoms. The van der Waals surface area contributed by atoms with Gasteiger partial charge in [0.15, 0.2) is 0 Å². The Balaban J connectivity index is 3.00. The van der Waals surface area contributed by atoms with Gasteiger partial charge in [0.25, 0.3) is 0 Å². The summed E-state index contributed by atoms with van der Waals surface area (Å²) in [5.41, 5.74) is 0. The zero-order valence-corrected chi connectivity index (χ0v) is 6.99. The molecule has 0 aromatic rings. The molecule has 0 heterocycles. The summed E-state index contributed by atoms with van der Waals surface area (Å²) >= 11 is 0. The van der Waals surface area contributed by atoms with Crippen LogP contribution in [0.3, 0.4) is 0 Å². The van der Waals surface area contributed by atoms with Gasteiger partial charge in [-0.3, -0.25) is 0 Å². The first kappa shape index (κ1) is 11.1. The molecule has 0 aromatic heterocycles. The molecule has 0 atom stereocenters. The average Bonchev–Trinajstić information content (AvgIpc) is 2.10. The largest absolute Gasteiger partial charge is 0.460 e. The molecule has 0 aliphatic rings. The van der Waals surface area contributed by atoms with E-state index in [1.807, 2.05) is 0 Å². The quantitative estimate of drug-likeness (QED) is 0.338. The lowest BCUT2D eigenvalue weighted by Gasteiger charge is -2.02. The van der Waals surface area contributed by atoms with E-state index in [0.717, 1.165) is 6.08 Å².